The summed E-state index contributed by atoms with van der Waals surface area (Å²) in [5, 5.41) is 3.39. The lowest BCUT2D eigenvalue weighted by molar-refractivity contribution is 0.340. The molecule has 0 amide bonds. The number of nitrogens with zero attached hydrogens (tertiary/aromatic N) is 2. The second kappa shape index (κ2) is 6.24. The van der Waals surface area contributed by atoms with Crippen molar-refractivity contribution < 1.29 is 9.47 Å². The number of aromatic nitrogens is 2. The molecule has 100 valence electrons. The Hall–Kier alpha value is -2.01. The molecular weight excluding hydrogens is 266 g/mol. The molecule has 0 aliphatic carbocycles. The lowest BCUT2D eigenvalue weighted by atomic mass is 10.3. The summed E-state index contributed by atoms with van der Waals surface area (Å²) in [6, 6.07) is 7.53. The van der Waals surface area contributed by atoms with Crippen LogP contribution in [0.5, 0.6) is 11.5 Å². The molecular formula is C13H14ClN3O2. The van der Waals surface area contributed by atoms with E-state index in [0.717, 1.165) is 11.4 Å². The predicted molar refractivity (Wildman–Crippen MR) is 74.5 cm³/mol. The van der Waals surface area contributed by atoms with E-state index in [4.69, 9.17) is 21.1 Å². The van der Waals surface area contributed by atoms with Gasteiger partial charge in [0.1, 0.15) is 12.1 Å². The number of rotatable bonds is 5. The smallest absolute Gasteiger partial charge is 0.199 e. The first kappa shape index (κ1) is 13.4. The summed E-state index contributed by atoms with van der Waals surface area (Å²) >= 11 is 5.93. The highest BCUT2D eigenvalue weighted by molar-refractivity contribution is 6.31. The van der Waals surface area contributed by atoms with Gasteiger partial charge in [0.25, 0.3) is 0 Å². The molecule has 0 saturated carbocycles. The molecule has 0 radical (unpaired) electrons. The van der Waals surface area contributed by atoms with Crippen molar-refractivity contribution in [3.63, 3.8) is 0 Å². The van der Waals surface area contributed by atoms with E-state index in [2.05, 4.69) is 15.3 Å². The second-order valence-corrected chi connectivity index (χ2v) is 3.99. The van der Waals surface area contributed by atoms with Crippen molar-refractivity contribution in [2.75, 3.05) is 19.0 Å². The van der Waals surface area contributed by atoms with Gasteiger partial charge >= 0.3 is 0 Å². The Labute approximate surface area is 116 Å². The van der Waals surface area contributed by atoms with Crippen molar-refractivity contribution in [1.29, 1.82) is 0 Å². The van der Waals surface area contributed by atoms with Crippen LogP contribution in [0.25, 0.3) is 0 Å². The van der Waals surface area contributed by atoms with Gasteiger partial charge in [0.05, 0.1) is 13.7 Å². The molecule has 1 N–H and O–H groups in total. The molecule has 0 fully saturated rings. The molecule has 0 bridgehead atoms. The van der Waals surface area contributed by atoms with Crippen LogP contribution in [-0.4, -0.2) is 23.7 Å². The number of anilines is 2. The summed E-state index contributed by atoms with van der Waals surface area (Å²) in [5.41, 5.74) is 0.858. The van der Waals surface area contributed by atoms with Gasteiger partial charge in [0.2, 0.25) is 0 Å². The SMILES string of the molecule is CCOc1ccc(Nc2ncnc(Cl)c2OC)cc1. The molecule has 2 aromatic rings. The zero-order valence-corrected chi connectivity index (χ0v) is 11.4. The van der Waals surface area contributed by atoms with E-state index >= 15 is 0 Å². The molecule has 0 unspecified atom stereocenters. The van der Waals surface area contributed by atoms with Gasteiger partial charge in [0.15, 0.2) is 16.7 Å². The maximum Gasteiger partial charge on any atom is 0.199 e. The maximum absolute atomic E-state index is 5.93. The van der Waals surface area contributed by atoms with Crippen molar-refractivity contribution >= 4 is 23.1 Å². The summed E-state index contributed by atoms with van der Waals surface area (Å²) in [7, 11) is 1.52. The first-order valence-corrected chi connectivity index (χ1v) is 6.16. The molecule has 1 aromatic heterocycles. The summed E-state index contributed by atoms with van der Waals surface area (Å²) in [5.74, 6) is 1.76. The van der Waals surface area contributed by atoms with Gasteiger partial charge in [-0.25, -0.2) is 9.97 Å². The van der Waals surface area contributed by atoms with Gasteiger partial charge in [0, 0.05) is 5.69 Å². The number of ether oxygens (including phenoxy) is 2. The van der Waals surface area contributed by atoms with Crippen LogP contribution in [0.15, 0.2) is 30.6 Å². The third kappa shape index (κ3) is 3.26. The fraction of sp³-hybridized carbons (Fsp3) is 0.231. The topological polar surface area (TPSA) is 56.3 Å². The minimum atomic E-state index is 0.269. The first-order chi connectivity index (χ1) is 9.24. The highest BCUT2D eigenvalue weighted by Crippen LogP contribution is 2.31. The Morgan fingerprint density at radius 1 is 1.21 bits per heavy atom. The van der Waals surface area contributed by atoms with Crippen molar-refractivity contribution in [2.45, 2.75) is 6.92 Å². The van der Waals surface area contributed by atoms with Gasteiger partial charge in [-0.05, 0) is 31.2 Å². The maximum atomic E-state index is 5.93. The van der Waals surface area contributed by atoms with Gasteiger partial charge in [-0.3, -0.25) is 0 Å². The van der Waals surface area contributed by atoms with Crippen LogP contribution in [-0.2, 0) is 0 Å². The largest absolute Gasteiger partial charge is 0.494 e. The van der Waals surface area contributed by atoms with Gasteiger partial charge in [-0.1, -0.05) is 11.6 Å². The Morgan fingerprint density at radius 3 is 2.58 bits per heavy atom. The zero-order valence-electron chi connectivity index (χ0n) is 10.7. The Morgan fingerprint density at radius 2 is 1.95 bits per heavy atom. The number of nitrogens with one attached hydrogen (secondary N) is 1. The molecule has 5 nitrogen and oxygen atoms in total. The number of benzene rings is 1. The highest BCUT2D eigenvalue weighted by Gasteiger charge is 2.10. The van der Waals surface area contributed by atoms with Crippen molar-refractivity contribution in [2.24, 2.45) is 0 Å². The Kier molecular flexibility index (Phi) is 4.41. The van der Waals surface area contributed by atoms with Crippen LogP contribution >= 0.6 is 11.6 Å². The molecule has 19 heavy (non-hydrogen) atoms. The quantitative estimate of drug-likeness (QED) is 0.851. The Bertz CT molecular complexity index is 546. The molecule has 0 atom stereocenters. The lowest BCUT2D eigenvalue weighted by Gasteiger charge is -2.11. The van der Waals surface area contributed by atoms with Crippen molar-refractivity contribution in [1.82, 2.24) is 9.97 Å². The average molecular weight is 280 g/mol. The molecule has 2 rings (SSSR count). The molecule has 1 aromatic carbocycles. The third-order valence-electron chi connectivity index (χ3n) is 2.39. The molecule has 0 aliphatic rings. The van der Waals surface area contributed by atoms with Crippen LogP contribution in [0.2, 0.25) is 5.15 Å². The van der Waals surface area contributed by atoms with Gasteiger partial charge in [-0.2, -0.15) is 0 Å². The van der Waals surface area contributed by atoms with Crippen LogP contribution in [0, 0.1) is 0 Å². The lowest BCUT2D eigenvalue weighted by Crippen LogP contribution is -1.99. The number of methoxy groups -OCH3 is 1. The summed E-state index contributed by atoms with van der Waals surface area (Å²) in [6.45, 7) is 2.59. The van der Waals surface area contributed by atoms with E-state index in [1.165, 1.54) is 13.4 Å². The normalized spacial score (nSPS) is 10.1. The van der Waals surface area contributed by atoms with E-state index in [-0.39, 0.29) is 5.15 Å². The van der Waals surface area contributed by atoms with Crippen molar-refractivity contribution in [3.05, 3.63) is 35.7 Å². The summed E-state index contributed by atoms with van der Waals surface area (Å²) in [4.78, 5) is 7.96. The average Bonchev–Trinajstić information content (AvgIpc) is 2.42. The van der Waals surface area contributed by atoms with E-state index in [0.29, 0.717) is 18.2 Å². The first-order valence-electron chi connectivity index (χ1n) is 5.79. The van der Waals surface area contributed by atoms with E-state index in [1.807, 2.05) is 31.2 Å². The van der Waals surface area contributed by atoms with Crippen LogP contribution < -0.4 is 14.8 Å². The molecule has 0 saturated heterocycles. The number of hydrogen-bond acceptors (Lipinski definition) is 5. The zero-order chi connectivity index (χ0) is 13.7. The molecule has 0 aliphatic heterocycles. The molecule has 0 spiro atoms. The minimum absolute atomic E-state index is 0.269. The summed E-state index contributed by atoms with van der Waals surface area (Å²) < 4.78 is 10.5. The molecule has 1 heterocycles. The van der Waals surface area contributed by atoms with Gasteiger partial charge < -0.3 is 14.8 Å². The Balaban J connectivity index is 2.19. The number of hydrogen-bond donors (Lipinski definition) is 1. The fourth-order valence-electron chi connectivity index (χ4n) is 1.56. The third-order valence-corrected chi connectivity index (χ3v) is 2.66. The minimum Gasteiger partial charge on any atom is -0.494 e. The van der Waals surface area contributed by atoms with E-state index in [9.17, 15) is 0 Å². The van der Waals surface area contributed by atoms with E-state index in [1.54, 1.807) is 0 Å². The molecule has 6 heteroatoms. The van der Waals surface area contributed by atoms with Gasteiger partial charge in [-0.15, -0.1) is 0 Å². The highest BCUT2D eigenvalue weighted by atomic mass is 35.5. The monoisotopic (exact) mass is 279 g/mol. The standard InChI is InChI=1S/C13H14ClN3O2/c1-3-19-10-6-4-9(5-7-10)17-13-11(18-2)12(14)15-8-16-13/h4-8H,3H2,1-2H3,(H,15,16,17). The predicted octanol–water partition coefficient (Wildman–Crippen LogP) is 3.28. The van der Waals surface area contributed by atoms with Crippen LogP contribution in [0.1, 0.15) is 6.92 Å². The van der Waals surface area contributed by atoms with Crippen LogP contribution in [0.4, 0.5) is 11.5 Å². The second-order valence-electron chi connectivity index (χ2n) is 3.63. The summed E-state index contributed by atoms with van der Waals surface area (Å²) in [6.07, 6.45) is 1.38. The number of halogens is 1. The van der Waals surface area contributed by atoms with E-state index < -0.39 is 0 Å². The fourth-order valence-corrected chi connectivity index (χ4v) is 1.77. The van der Waals surface area contributed by atoms with Crippen molar-refractivity contribution in [3.8, 4) is 11.5 Å². The van der Waals surface area contributed by atoms with Crippen LogP contribution in [0.3, 0.4) is 0 Å².